The van der Waals surface area contributed by atoms with Crippen LogP contribution in [0.5, 0.6) is 0 Å². The Morgan fingerprint density at radius 3 is 2.06 bits per heavy atom. The molecule has 5 rings (SSSR count). The summed E-state index contributed by atoms with van der Waals surface area (Å²) in [6.45, 7) is 8.41. The van der Waals surface area contributed by atoms with Crippen molar-refractivity contribution in [2.75, 3.05) is 32.7 Å². The van der Waals surface area contributed by atoms with Gasteiger partial charge in [0.05, 0.1) is 11.7 Å². The van der Waals surface area contributed by atoms with Crippen molar-refractivity contribution in [1.82, 2.24) is 19.8 Å². The summed E-state index contributed by atoms with van der Waals surface area (Å²) >= 11 is 0. The summed E-state index contributed by atoms with van der Waals surface area (Å²) in [7, 11) is 0. The average molecular weight is 467 g/mol. The second kappa shape index (κ2) is 10.6. The standard InChI is InChI=1S/C30H34N4O/c1-22-10-9-15-26(20-22)30-31-23(2)28(32-30)27(35)21-33-16-18-34(19-17-33)29(24-11-5-3-6-12-24)25-13-7-4-8-14-25/h3-15,20,27,29,35H,16-19,21H2,1-2H3,(H,31,32). The average Bonchev–Trinajstić information content (AvgIpc) is 3.28. The van der Waals surface area contributed by atoms with Gasteiger partial charge in [-0.1, -0.05) is 84.4 Å². The Labute approximate surface area is 208 Å². The van der Waals surface area contributed by atoms with Gasteiger partial charge in [0.1, 0.15) is 11.9 Å². The largest absolute Gasteiger partial charge is 0.385 e. The minimum absolute atomic E-state index is 0.245. The number of aryl methyl sites for hydroxylation is 2. The molecule has 5 nitrogen and oxygen atoms in total. The van der Waals surface area contributed by atoms with Crippen molar-refractivity contribution >= 4 is 0 Å². The molecule has 2 heterocycles. The molecule has 1 aromatic heterocycles. The summed E-state index contributed by atoms with van der Waals surface area (Å²) in [5.41, 5.74) is 6.57. The molecule has 1 aliphatic heterocycles. The first-order valence-electron chi connectivity index (χ1n) is 12.5. The number of aliphatic hydroxyl groups excluding tert-OH is 1. The van der Waals surface area contributed by atoms with E-state index in [0.29, 0.717) is 6.54 Å². The van der Waals surface area contributed by atoms with Crippen molar-refractivity contribution in [3.05, 3.63) is 113 Å². The van der Waals surface area contributed by atoms with E-state index in [0.717, 1.165) is 49.0 Å². The highest BCUT2D eigenvalue weighted by Crippen LogP contribution is 2.30. The zero-order valence-electron chi connectivity index (χ0n) is 20.6. The van der Waals surface area contributed by atoms with E-state index < -0.39 is 6.10 Å². The predicted molar refractivity (Wildman–Crippen MR) is 141 cm³/mol. The van der Waals surface area contributed by atoms with Crippen LogP contribution in [-0.2, 0) is 0 Å². The van der Waals surface area contributed by atoms with Gasteiger partial charge < -0.3 is 10.1 Å². The van der Waals surface area contributed by atoms with Crippen molar-refractivity contribution in [3.63, 3.8) is 0 Å². The smallest absolute Gasteiger partial charge is 0.137 e. The summed E-state index contributed by atoms with van der Waals surface area (Å²) in [5, 5.41) is 11.1. The normalized spacial score (nSPS) is 16.0. The first kappa shape index (κ1) is 23.5. The highest BCUT2D eigenvalue weighted by Gasteiger charge is 2.28. The number of hydrogen-bond donors (Lipinski definition) is 2. The fraction of sp³-hybridized carbons (Fsp3) is 0.300. The van der Waals surface area contributed by atoms with Gasteiger partial charge in [-0.2, -0.15) is 0 Å². The van der Waals surface area contributed by atoms with E-state index in [2.05, 4.69) is 101 Å². The number of aromatic amines is 1. The van der Waals surface area contributed by atoms with Crippen LogP contribution in [0, 0.1) is 13.8 Å². The van der Waals surface area contributed by atoms with Gasteiger partial charge in [-0.15, -0.1) is 0 Å². The molecule has 180 valence electrons. The lowest BCUT2D eigenvalue weighted by molar-refractivity contribution is 0.0606. The second-order valence-electron chi connectivity index (χ2n) is 9.54. The number of aromatic nitrogens is 2. The molecule has 0 amide bonds. The molecule has 2 N–H and O–H groups in total. The first-order valence-corrected chi connectivity index (χ1v) is 12.5. The molecule has 1 saturated heterocycles. The molecule has 1 aliphatic rings. The van der Waals surface area contributed by atoms with E-state index in [9.17, 15) is 5.11 Å². The molecule has 4 aromatic rings. The van der Waals surface area contributed by atoms with Crippen LogP contribution < -0.4 is 0 Å². The van der Waals surface area contributed by atoms with Crippen molar-refractivity contribution < 1.29 is 5.11 Å². The monoisotopic (exact) mass is 466 g/mol. The molecule has 1 fully saturated rings. The number of piperazine rings is 1. The molecule has 0 saturated carbocycles. The maximum absolute atomic E-state index is 11.1. The lowest BCUT2D eigenvalue weighted by Crippen LogP contribution is -2.48. The Morgan fingerprint density at radius 2 is 1.46 bits per heavy atom. The maximum Gasteiger partial charge on any atom is 0.137 e. The molecule has 35 heavy (non-hydrogen) atoms. The maximum atomic E-state index is 11.1. The first-order chi connectivity index (χ1) is 17.1. The molecule has 0 radical (unpaired) electrons. The highest BCUT2D eigenvalue weighted by atomic mass is 16.3. The Hall–Kier alpha value is -3.25. The lowest BCUT2D eigenvalue weighted by atomic mass is 9.96. The summed E-state index contributed by atoms with van der Waals surface area (Å²) in [5.74, 6) is 0.818. The molecule has 5 heteroatoms. The number of hydrogen-bond acceptors (Lipinski definition) is 4. The number of imidazole rings is 1. The third kappa shape index (κ3) is 5.38. The molecule has 0 bridgehead atoms. The van der Waals surface area contributed by atoms with Gasteiger partial charge in [-0.05, 0) is 31.0 Å². The minimum Gasteiger partial charge on any atom is -0.385 e. The van der Waals surface area contributed by atoms with Gasteiger partial charge >= 0.3 is 0 Å². The van der Waals surface area contributed by atoms with Crippen molar-refractivity contribution in [1.29, 1.82) is 0 Å². The second-order valence-corrected chi connectivity index (χ2v) is 9.54. The van der Waals surface area contributed by atoms with Crippen molar-refractivity contribution in [3.8, 4) is 11.4 Å². The minimum atomic E-state index is -0.615. The number of H-pyrrole nitrogens is 1. The summed E-state index contributed by atoms with van der Waals surface area (Å²) < 4.78 is 0. The zero-order valence-corrected chi connectivity index (χ0v) is 20.6. The Kier molecular flexibility index (Phi) is 7.09. The van der Waals surface area contributed by atoms with E-state index in [1.54, 1.807) is 0 Å². The fourth-order valence-corrected chi connectivity index (χ4v) is 5.15. The van der Waals surface area contributed by atoms with Crippen LogP contribution in [0.2, 0.25) is 0 Å². The molecule has 1 unspecified atom stereocenters. The summed E-state index contributed by atoms with van der Waals surface area (Å²) in [6, 6.07) is 30.0. The molecule has 1 atom stereocenters. The van der Waals surface area contributed by atoms with Gasteiger partial charge in [0.25, 0.3) is 0 Å². The van der Waals surface area contributed by atoms with Crippen LogP contribution in [0.15, 0.2) is 84.9 Å². The van der Waals surface area contributed by atoms with Crippen molar-refractivity contribution in [2.24, 2.45) is 0 Å². The van der Waals surface area contributed by atoms with E-state index in [-0.39, 0.29) is 6.04 Å². The molecular formula is C30H34N4O. The fourth-order valence-electron chi connectivity index (χ4n) is 5.15. The van der Waals surface area contributed by atoms with Gasteiger partial charge in [-0.25, -0.2) is 4.98 Å². The van der Waals surface area contributed by atoms with Crippen LogP contribution in [0.25, 0.3) is 11.4 Å². The number of β-amino-alcohol motifs (C(OH)–C–C–N with tert-alkyl or cyclic N) is 1. The Balaban J connectivity index is 1.25. The van der Waals surface area contributed by atoms with Crippen LogP contribution >= 0.6 is 0 Å². The Morgan fingerprint density at radius 1 is 0.829 bits per heavy atom. The van der Waals surface area contributed by atoms with Crippen LogP contribution in [0.4, 0.5) is 0 Å². The number of benzene rings is 3. The predicted octanol–water partition coefficient (Wildman–Crippen LogP) is 5.13. The van der Waals surface area contributed by atoms with Crippen LogP contribution in [0.3, 0.4) is 0 Å². The summed E-state index contributed by atoms with van der Waals surface area (Å²) in [4.78, 5) is 13.0. The van der Waals surface area contributed by atoms with E-state index in [4.69, 9.17) is 4.98 Å². The third-order valence-corrected chi connectivity index (χ3v) is 6.96. The quantitative estimate of drug-likeness (QED) is 0.396. The number of nitrogens with zero attached hydrogens (tertiary/aromatic N) is 3. The number of rotatable bonds is 7. The van der Waals surface area contributed by atoms with E-state index in [1.807, 2.05) is 13.0 Å². The Bertz CT molecular complexity index is 1190. The van der Waals surface area contributed by atoms with Crippen molar-refractivity contribution in [2.45, 2.75) is 26.0 Å². The number of nitrogens with one attached hydrogen (secondary N) is 1. The zero-order chi connectivity index (χ0) is 24.2. The third-order valence-electron chi connectivity index (χ3n) is 6.96. The molecule has 0 spiro atoms. The SMILES string of the molecule is Cc1cccc(-c2nc(C(O)CN3CCN(C(c4ccccc4)c4ccccc4)CC3)c(C)[nH]2)c1. The van der Waals surface area contributed by atoms with E-state index >= 15 is 0 Å². The molecule has 0 aliphatic carbocycles. The number of aliphatic hydroxyl groups is 1. The molecular weight excluding hydrogens is 432 g/mol. The van der Waals surface area contributed by atoms with E-state index in [1.165, 1.54) is 16.7 Å². The summed E-state index contributed by atoms with van der Waals surface area (Å²) in [6.07, 6.45) is -0.615. The van der Waals surface area contributed by atoms with Gasteiger partial charge in [-0.3, -0.25) is 9.80 Å². The van der Waals surface area contributed by atoms with Crippen LogP contribution in [-0.4, -0.2) is 57.6 Å². The van der Waals surface area contributed by atoms with Crippen LogP contribution in [0.1, 0.15) is 40.2 Å². The molecule has 3 aromatic carbocycles. The van der Waals surface area contributed by atoms with Gasteiger partial charge in [0, 0.05) is 44.0 Å². The topological polar surface area (TPSA) is 55.4 Å². The van der Waals surface area contributed by atoms with Gasteiger partial charge in [0.2, 0.25) is 0 Å². The lowest BCUT2D eigenvalue weighted by Gasteiger charge is -2.40. The van der Waals surface area contributed by atoms with Gasteiger partial charge in [0.15, 0.2) is 0 Å². The highest BCUT2D eigenvalue weighted by molar-refractivity contribution is 5.57.